The van der Waals surface area contributed by atoms with Crippen molar-refractivity contribution in [1.82, 2.24) is 5.32 Å². The number of carbonyl (C=O) groups excluding carboxylic acids is 2. The molecule has 0 atom stereocenters. The van der Waals surface area contributed by atoms with Crippen LogP contribution in [0.4, 0.5) is 0 Å². The number of hydrogen-bond acceptors (Lipinski definition) is 5. The second-order valence-electron chi connectivity index (χ2n) is 5.22. The summed E-state index contributed by atoms with van der Waals surface area (Å²) in [6.07, 6.45) is 3.44. The second-order valence-corrected chi connectivity index (χ2v) is 5.22. The molecule has 1 N–H and O–H groups in total. The summed E-state index contributed by atoms with van der Waals surface area (Å²) in [6.45, 7) is 3.70. The SMILES string of the molecule is COC(=O)/C=C/CCNC(=O)C(C)(C)Oc1ccc(C#N)cc1. The molecule has 0 radical (unpaired) electrons. The standard InChI is InChI=1S/C17H20N2O4/c1-17(2,23-14-9-7-13(12-18)8-10-14)16(21)19-11-5-4-6-15(20)22-3/h4,6-10H,5,11H2,1-3H3,(H,19,21)/b6-4+. The van der Waals surface area contributed by atoms with Gasteiger partial charge in [-0.05, 0) is 44.5 Å². The first-order chi connectivity index (χ1) is 10.9. The van der Waals surface area contributed by atoms with Gasteiger partial charge < -0.3 is 14.8 Å². The molecular formula is C17H20N2O4. The lowest BCUT2D eigenvalue weighted by Crippen LogP contribution is -2.46. The monoisotopic (exact) mass is 316 g/mol. The Morgan fingerprint density at radius 1 is 1.30 bits per heavy atom. The maximum Gasteiger partial charge on any atom is 0.330 e. The number of nitrogens with one attached hydrogen (secondary N) is 1. The van der Waals surface area contributed by atoms with Gasteiger partial charge in [0.15, 0.2) is 5.60 Å². The number of rotatable bonds is 7. The van der Waals surface area contributed by atoms with Crippen molar-refractivity contribution < 1.29 is 19.1 Å². The first-order valence-electron chi connectivity index (χ1n) is 7.11. The third-order valence-electron chi connectivity index (χ3n) is 2.95. The van der Waals surface area contributed by atoms with E-state index in [0.29, 0.717) is 24.3 Å². The minimum atomic E-state index is -1.06. The lowest BCUT2D eigenvalue weighted by Gasteiger charge is -2.25. The summed E-state index contributed by atoms with van der Waals surface area (Å²) in [5.41, 5.74) is -0.530. The Labute approximate surface area is 135 Å². The van der Waals surface area contributed by atoms with E-state index in [1.807, 2.05) is 6.07 Å². The maximum absolute atomic E-state index is 12.1. The number of carbonyl (C=O) groups is 2. The highest BCUT2D eigenvalue weighted by molar-refractivity contribution is 5.84. The summed E-state index contributed by atoms with van der Waals surface area (Å²) in [5.74, 6) is -0.191. The van der Waals surface area contributed by atoms with Crippen LogP contribution in [-0.2, 0) is 14.3 Å². The van der Waals surface area contributed by atoms with Crippen molar-refractivity contribution in [2.24, 2.45) is 0 Å². The number of nitrogens with zero attached hydrogens (tertiary/aromatic N) is 1. The molecule has 1 aromatic rings. The van der Waals surface area contributed by atoms with Crippen molar-refractivity contribution in [3.8, 4) is 11.8 Å². The molecule has 6 nitrogen and oxygen atoms in total. The average molecular weight is 316 g/mol. The predicted molar refractivity (Wildman–Crippen MR) is 84.6 cm³/mol. The number of ether oxygens (including phenoxy) is 2. The van der Waals surface area contributed by atoms with Gasteiger partial charge in [-0.25, -0.2) is 4.79 Å². The zero-order valence-corrected chi connectivity index (χ0v) is 13.5. The van der Waals surface area contributed by atoms with E-state index < -0.39 is 11.6 Å². The average Bonchev–Trinajstić information content (AvgIpc) is 2.54. The Morgan fingerprint density at radius 3 is 2.52 bits per heavy atom. The Kier molecular flexibility index (Phi) is 6.81. The van der Waals surface area contributed by atoms with E-state index >= 15 is 0 Å². The van der Waals surface area contributed by atoms with E-state index in [0.717, 1.165) is 0 Å². The largest absolute Gasteiger partial charge is 0.478 e. The Morgan fingerprint density at radius 2 is 1.96 bits per heavy atom. The molecule has 0 spiro atoms. The number of hydrogen-bond donors (Lipinski definition) is 1. The number of esters is 1. The Hall–Kier alpha value is -2.81. The molecular weight excluding hydrogens is 296 g/mol. The molecule has 0 aliphatic carbocycles. The molecule has 0 saturated heterocycles. The van der Waals surface area contributed by atoms with Crippen molar-refractivity contribution in [3.63, 3.8) is 0 Å². The van der Waals surface area contributed by atoms with Gasteiger partial charge in [0.2, 0.25) is 0 Å². The Bertz CT molecular complexity index is 612. The van der Waals surface area contributed by atoms with Crippen molar-refractivity contribution in [2.45, 2.75) is 25.9 Å². The summed E-state index contributed by atoms with van der Waals surface area (Å²) in [4.78, 5) is 23.0. The quantitative estimate of drug-likeness (QED) is 0.472. The molecule has 122 valence electrons. The lowest BCUT2D eigenvalue weighted by atomic mass is 10.1. The highest BCUT2D eigenvalue weighted by Gasteiger charge is 2.29. The van der Waals surface area contributed by atoms with Crippen LogP contribution in [0.1, 0.15) is 25.8 Å². The minimum absolute atomic E-state index is 0.270. The number of benzene rings is 1. The van der Waals surface area contributed by atoms with Gasteiger partial charge in [0.1, 0.15) is 5.75 Å². The van der Waals surface area contributed by atoms with E-state index in [1.54, 1.807) is 44.2 Å². The van der Waals surface area contributed by atoms with Crippen LogP contribution < -0.4 is 10.1 Å². The van der Waals surface area contributed by atoms with Crippen LogP contribution in [0.15, 0.2) is 36.4 Å². The van der Waals surface area contributed by atoms with Crippen LogP contribution in [0.2, 0.25) is 0 Å². The van der Waals surface area contributed by atoms with E-state index in [2.05, 4.69) is 10.1 Å². The predicted octanol–water partition coefficient (Wildman–Crippen LogP) is 1.95. The summed E-state index contributed by atoms with van der Waals surface area (Å²) >= 11 is 0. The molecule has 1 aromatic carbocycles. The first-order valence-corrected chi connectivity index (χ1v) is 7.11. The number of amides is 1. The molecule has 1 amide bonds. The summed E-state index contributed by atoms with van der Waals surface area (Å²) < 4.78 is 10.1. The zero-order valence-electron chi connectivity index (χ0n) is 13.5. The topological polar surface area (TPSA) is 88.4 Å². The van der Waals surface area contributed by atoms with E-state index in [4.69, 9.17) is 10.00 Å². The normalized spacial score (nSPS) is 10.9. The summed E-state index contributed by atoms with van der Waals surface area (Å²) in [6, 6.07) is 8.56. The molecule has 1 rings (SSSR count). The zero-order chi connectivity index (χ0) is 17.3. The van der Waals surface area contributed by atoms with Gasteiger partial charge >= 0.3 is 5.97 Å². The number of methoxy groups -OCH3 is 1. The fraction of sp³-hybridized carbons (Fsp3) is 0.353. The Balaban J connectivity index is 2.48. The molecule has 0 aliphatic rings. The van der Waals surface area contributed by atoms with Crippen LogP contribution in [0.25, 0.3) is 0 Å². The molecule has 0 heterocycles. The van der Waals surface area contributed by atoms with Gasteiger partial charge in [0.05, 0.1) is 18.7 Å². The highest BCUT2D eigenvalue weighted by Crippen LogP contribution is 2.19. The maximum atomic E-state index is 12.1. The van der Waals surface area contributed by atoms with Gasteiger partial charge in [0, 0.05) is 12.6 Å². The van der Waals surface area contributed by atoms with Crippen molar-refractivity contribution in [1.29, 1.82) is 5.26 Å². The van der Waals surface area contributed by atoms with Gasteiger partial charge in [0.25, 0.3) is 5.91 Å². The van der Waals surface area contributed by atoms with Crippen molar-refractivity contribution in [2.75, 3.05) is 13.7 Å². The van der Waals surface area contributed by atoms with Crippen molar-refractivity contribution >= 4 is 11.9 Å². The molecule has 6 heteroatoms. The van der Waals surface area contributed by atoms with Crippen LogP contribution in [0, 0.1) is 11.3 Å². The third kappa shape index (κ3) is 6.22. The molecule has 0 aromatic heterocycles. The van der Waals surface area contributed by atoms with Crippen LogP contribution in [0.5, 0.6) is 5.75 Å². The van der Waals surface area contributed by atoms with Crippen molar-refractivity contribution in [3.05, 3.63) is 42.0 Å². The molecule has 23 heavy (non-hydrogen) atoms. The lowest BCUT2D eigenvalue weighted by molar-refractivity contribution is -0.135. The summed E-state index contributed by atoms with van der Waals surface area (Å²) in [5, 5.41) is 11.5. The third-order valence-corrected chi connectivity index (χ3v) is 2.95. The molecule has 0 unspecified atom stereocenters. The van der Waals surface area contributed by atoms with Gasteiger partial charge in [-0.15, -0.1) is 0 Å². The van der Waals surface area contributed by atoms with Crippen LogP contribution >= 0.6 is 0 Å². The van der Waals surface area contributed by atoms with Gasteiger partial charge in [-0.3, -0.25) is 4.79 Å². The first kappa shape index (κ1) is 18.2. The molecule has 0 bridgehead atoms. The minimum Gasteiger partial charge on any atom is -0.478 e. The number of nitriles is 1. The highest BCUT2D eigenvalue weighted by atomic mass is 16.5. The van der Waals surface area contributed by atoms with Crippen LogP contribution in [0.3, 0.4) is 0 Å². The van der Waals surface area contributed by atoms with E-state index in [9.17, 15) is 9.59 Å². The molecule has 0 fully saturated rings. The smallest absolute Gasteiger partial charge is 0.330 e. The molecule has 0 aliphatic heterocycles. The fourth-order valence-electron chi connectivity index (χ4n) is 1.67. The fourth-order valence-corrected chi connectivity index (χ4v) is 1.67. The van der Waals surface area contributed by atoms with E-state index in [-0.39, 0.29) is 5.91 Å². The van der Waals surface area contributed by atoms with Crippen LogP contribution in [-0.4, -0.2) is 31.1 Å². The second kappa shape index (κ2) is 8.59. The van der Waals surface area contributed by atoms with E-state index in [1.165, 1.54) is 13.2 Å². The van der Waals surface area contributed by atoms with Gasteiger partial charge in [-0.1, -0.05) is 6.08 Å². The molecule has 0 saturated carbocycles. The summed E-state index contributed by atoms with van der Waals surface area (Å²) in [7, 11) is 1.30. The van der Waals surface area contributed by atoms with Gasteiger partial charge in [-0.2, -0.15) is 5.26 Å².